The third-order valence-electron chi connectivity index (χ3n) is 2.07. The van der Waals surface area contributed by atoms with Crippen molar-refractivity contribution in [1.82, 2.24) is 5.43 Å². The first-order valence-corrected chi connectivity index (χ1v) is 4.80. The van der Waals surface area contributed by atoms with Crippen LogP contribution in [0.25, 0.3) is 0 Å². The number of nitro benzene ring substituents is 1. The second kappa shape index (κ2) is 5.62. The molecule has 0 spiro atoms. The Morgan fingerprint density at radius 3 is 2.83 bits per heavy atom. The van der Waals surface area contributed by atoms with E-state index in [4.69, 9.17) is 0 Å². The average Bonchev–Trinajstić information content (AvgIpc) is 2.33. The van der Waals surface area contributed by atoms with Gasteiger partial charge in [0.05, 0.1) is 18.2 Å². The maximum absolute atomic E-state index is 10.7. The van der Waals surface area contributed by atoms with Crippen LogP contribution >= 0.6 is 0 Å². The summed E-state index contributed by atoms with van der Waals surface area (Å²) in [5.74, 6) is -0.143. The second-order valence-electron chi connectivity index (χ2n) is 3.32. The molecule has 2 N–H and O–H groups in total. The maximum Gasteiger partial charge on any atom is 0.427 e. The monoisotopic (exact) mass is 253 g/mol. The van der Waals surface area contributed by atoms with Gasteiger partial charge in [0.1, 0.15) is 5.75 Å². The minimum atomic E-state index is -0.784. The number of carbonyl (C=O) groups is 1. The molecule has 0 atom stereocenters. The molecule has 8 nitrogen and oxygen atoms in total. The Balaban J connectivity index is 3.01. The lowest BCUT2D eigenvalue weighted by atomic mass is 10.1. The number of nitrogens with one attached hydrogen (secondary N) is 1. The zero-order valence-electron chi connectivity index (χ0n) is 9.71. The Morgan fingerprint density at radius 2 is 2.28 bits per heavy atom. The zero-order chi connectivity index (χ0) is 13.7. The molecule has 0 unspecified atom stereocenters. The average molecular weight is 253 g/mol. The van der Waals surface area contributed by atoms with Gasteiger partial charge in [0.15, 0.2) is 0 Å². The van der Waals surface area contributed by atoms with Crippen LogP contribution < -0.4 is 5.43 Å². The van der Waals surface area contributed by atoms with Crippen molar-refractivity contribution >= 4 is 18.0 Å². The Hall–Kier alpha value is -2.64. The normalized spacial score (nSPS) is 10.3. The smallest absolute Gasteiger partial charge is 0.427 e. The maximum atomic E-state index is 10.7. The van der Waals surface area contributed by atoms with E-state index >= 15 is 0 Å². The Labute approximate surface area is 102 Å². The van der Waals surface area contributed by atoms with E-state index in [-0.39, 0.29) is 17.0 Å². The molecular weight excluding hydrogens is 242 g/mol. The van der Waals surface area contributed by atoms with Gasteiger partial charge in [-0.05, 0) is 12.5 Å². The van der Waals surface area contributed by atoms with Gasteiger partial charge in [0.25, 0.3) is 5.69 Å². The number of carbonyl (C=O) groups excluding carboxylic acids is 1. The minimum absolute atomic E-state index is 0.123. The summed E-state index contributed by atoms with van der Waals surface area (Å²) >= 11 is 0. The van der Waals surface area contributed by atoms with Crippen LogP contribution in [0, 0.1) is 17.0 Å². The van der Waals surface area contributed by atoms with Crippen molar-refractivity contribution in [2.45, 2.75) is 6.92 Å². The molecule has 0 bridgehead atoms. The third-order valence-corrected chi connectivity index (χ3v) is 2.07. The van der Waals surface area contributed by atoms with E-state index in [0.717, 1.165) is 12.3 Å². The number of nitrogens with zero attached hydrogens (tertiary/aromatic N) is 2. The number of non-ortho nitro benzene ring substituents is 1. The summed E-state index contributed by atoms with van der Waals surface area (Å²) in [6.45, 7) is 1.52. The molecule has 0 aliphatic heterocycles. The number of amides is 1. The van der Waals surface area contributed by atoms with Gasteiger partial charge in [-0.25, -0.2) is 10.2 Å². The van der Waals surface area contributed by atoms with Gasteiger partial charge in [-0.3, -0.25) is 10.1 Å². The van der Waals surface area contributed by atoms with Crippen LogP contribution in [0.1, 0.15) is 11.1 Å². The first-order chi connectivity index (χ1) is 8.45. The quantitative estimate of drug-likeness (QED) is 0.478. The van der Waals surface area contributed by atoms with Gasteiger partial charge < -0.3 is 9.84 Å². The van der Waals surface area contributed by atoms with Crippen LogP contribution in [0.2, 0.25) is 0 Å². The summed E-state index contributed by atoms with van der Waals surface area (Å²) in [6.07, 6.45) is 0.305. The summed E-state index contributed by atoms with van der Waals surface area (Å²) < 4.78 is 4.27. The Bertz CT molecular complexity index is 512. The van der Waals surface area contributed by atoms with Crippen LogP contribution in [0.15, 0.2) is 17.2 Å². The summed E-state index contributed by atoms with van der Waals surface area (Å²) in [7, 11) is 1.17. The molecule has 0 aromatic heterocycles. The van der Waals surface area contributed by atoms with Gasteiger partial charge in [0, 0.05) is 17.7 Å². The predicted molar refractivity (Wildman–Crippen MR) is 62.6 cm³/mol. The lowest BCUT2D eigenvalue weighted by Gasteiger charge is -2.03. The molecule has 8 heteroatoms. The third kappa shape index (κ3) is 3.17. The van der Waals surface area contributed by atoms with Crippen LogP contribution in [0.3, 0.4) is 0 Å². The van der Waals surface area contributed by atoms with E-state index in [1.807, 2.05) is 5.43 Å². The topological polar surface area (TPSA) is 114 Å². The number of aryl methyl sites for hydroxylation is 1. The molecule has 0 radical (unpaired) electrons. The van der Waals surface area contributed by atoms with Crippen molar-refractivity contribution in [1.29, 1.82) is 0 Å². The first-order valence-electron chi connectivity index (χ1n) is 4.80. The van der Waals surface area contributed by atoms with Crippen molar-refractivity contribution in [3.63, 3.8) is 0 Å². The number of ether oxygens (including phenoxy) is 1. The number of hydrogen-bond acceptors (Lipinski definition) is 6. The number of nitro groups is 1. The first kappa shape index (κ1) is 13.4. The van der Waals surface area contributed by atoms with Crippen molar-refractivity contribution in [3.8, 4) is 5.75 Å². The summed E-state index contributed by atoms with van der Waals surface area (Å²) in [5, 5.41) is 23.8. The molecule has 0 heterocycles. The van der Waals surface area contributed by atoms with E-state index in [1.165, 1.54) is 20.1 Å². The minimum Gasteiger partial charge on any atom is -0.507 e. The van der Waals surface area contributed by atoms with E-state index in [0.29, 0.717) is 5.56 Å². The van der Waals surface area contributed by atoms with E-state index in [9.17, 15) is 20.0 Å². The molecule has 1 rings (SSSR count). The standard InChI is InChI=1S/C10H11N3O5/c1-6-3-8(13(16)17)4-7(9(6)14)5-11-12-10(15)18-2/h3-5,14H,1-2H3,(H,12,15)/b11-5-. The van der Waals surface area contributed by atoms with Gasteiger partial charge in [-0.2, -0.15) is 5.10 Å². The number of aromatic hydroxyl groups is 1. The van der Waals surface area contributed by atoms with Crippen LogP contribution in [-0.4, -0.2) is 29.4 Å². The van der Waals surface area contributed by atoms with Gasteiger partial charge in [-0.1, -0.05) is 0 Å². The Morgan fingerprint density at radius 1 is 1.61 bits per heavy atom. The highest BCUT2D eigenvalue weighted by Crippen LogP contribution is 2.26. The number of hydrogen-bond donors (Lipinski definition) is 2. The van der Waals surface area contributed by atoms with Crippen LogP contribution in [0.4, 0.5) is 10.5 Å². The molecular formula is C10H11N3O5. The molecule has 0 aliphatic carbocycles. The van der Waals surface area contributed by atoms with Gasteiger partial charge in [-0.15, -0.1) is 0 Å². The largest absolute Gasteiger partial charge is 0.507 e. The molecule has 1 amide bonds. The van der Waals surface area contributed by atoms with Crippen molar-refractivity contribution in [2.24, 2.45) is 5.10 Å². The van der Waals surface area contributed by atoms with Crippen molar-refractivity contribution < 1.29 is 19.6 Å². The molecule has 18 heavy (non-hydrogen) atoms. The highest BCUT2D eigenvalue weighted by atomic mass is 16.6. The zero-order valence-corrected chi connectivity index (χ0v) is 9.71. The number of benzene rings is 1. The second-order valence-corrected chi connectivity index (χ2v) is 3.32. The highest BCUT2D eigenvalue weighted by molar-refractivity contribution is 5.86. The highest BCUT2D eigenvalue weighted by Gasteiger charge is 2.12. The van der Waals surface area contributed by atoms with E-state index < -0.39 is 11.0 Å². The number of phenols is 1. The molecule has 96 valence electrons. The van der Waals surface area contributed by atoms with E-state index in [1.54, 1.807) is 0 Å². The molecule has 1 aromatic carbocycles. The molecule has 0 saturated carbocycles. The fourth-order valence-corrected chi connectivity index (χ4v) is 1.19. The van der Waals surface area contributed by atoms with Gasteiger partial charge in [0.2, 0.25) is 0 Å². The number of hydrazone groups is 1. The number of phenolic OH excluding ortho intramolecular Hbond substituents is 1. The Kier molecular flexibility index (Phi) is 4.19. The number of methoxy groups -OCH3 is 1. The molecule has 0 aliphatic rings. The lowest BCUT2D eigenvalue weighted by molar-refractivity contribution is -0.384. The summed E-state index contributed by atoms with van der Waals surface area (Å²) in [6, 6.07) is 2.38. The van der Waals surface area contributed by atoms with E-state index in [2.05, 4.69) is 9.84 Å². The molecule has 0 fully saturated rings. The van der Waals surface area contributed by atoms with Crippen LogP contribution in [0.5, 0.6) is 5.75 Å². The predicted octanol–water partition coefficient (Wildman–Crippen LogP) is 1.30. The molecule has 0 saturated heterocycles. The van der Waals surface area contributed by atoms with Crippen LogP contribution in [-0.2, 0) is 4.74 Å². The van der Waals surface area contributed by atoms with Crippen molar-refractivity contribution in [3.05, 3.63) is 33.4 Å². The fourth-order valence-electron chi connectivity index (χ4n) is 1.19. The molecule has 1 aromatic rings. The lowest BCUT2D eigenvalue weighted by Crippen LogP contribution is -2.16. The number of rotatable bonds is 3. The summed E-state index contributed by atoms with van der Waals surface area (Å²) in [4.78, 5) is 20.8. The SMILES string of the molecule is COC(=O)N/N=C\c1cc([N+](=O)[O-])cc(C)c1O. The van der Waals surface area contributed by atoms with Gasteiger partial charge >= 0.3 is 6.09 Å². The summed E-state index contributed by atoms with van der Waals surface area (Å²) in [5.41, 5.74) is 2.29. The fraction of sp³-hybridized carbons (Fsp3) is 0.200. The van der Waals surface area contributed by atoms with Crippen molar-refractivity contribution in [2.75, 3.05) is 7.11 Å².